The minimum Gasteiger partial charge on any atom is -0.339 e. The smallest absolute Gasteiger partial charge is 0.255 e. The first-order valence-corrected chi connectivity index (χ1v) is 9.66. The van der Waals surface area contributed by atoms with Gasteiger partial charge < -0.3 is 4.90 Å². The topological polar surface area (TPSA) is 54.5 Å². The van der Waals surface area contributed by atoms with Crippen LogP contribution in [0, 0.1) is 5.92 Å². The number of rotatable bonds is 4. The van der Waals surface area contributed by atoms with Gasteiger partial charge in [0.05, 0.1) is 21.6 Å². The molecule has 1 aromatic rings. The number of nitrogens with zero attached hydrogens (tertiary/aromatic N) is 1. The Morgan fingerprint density at radius 1 is 1.27 bits per heavy atom. The molecule has 0 unspecified atom stereocenters. The number of halogens is 1. The summed E-state index contributed by atoms with van der Waals surface area (Å²) in [6.07, 6.45) is 1.01. The molecule has 122 valence electrons. The van der Waals surface area contributed by atoms with E-state index in [0.717, 1.165) is 0 Å². The van der Waals surface area contributed by atoms with Crippen molar-refractivity contribution < 1.29 is 13.2 Å². The van der Waals surface area contributed by atoms with Crippen LogP contribution >= 0.6 is 11.6 Å². The van der Waals surface area contributed by atoms with Crippen LogP contribution in [-0.2, 0) is 9.84 Å². The van der Waals surface area contributed by atoms with Crippen LogP contribution in [0.4, 0.5) is 0 Å². The zero-order chi connectivity index (χ0) is 16.3. The molecule has 0 N–H and O–H groups in total. The molecule has 4 nitrogen and oxygen atoms in total. The summed E-state index contributed by atoms with van der Waals surface area (Å²) < 4.78 is 24.5. The first-order valence-electron chi connectivity index (χ1n) is 7.56. The Morgan fingerprint density at radius 2 is 1.86 bits per heavy atom. The van der Waals surface area contributed by atoms with Crippen molar-refractivity contribution in [3.8, 4) is 0 Å². The normalized spacial score (nSPS) is 17.0. The van der Waals surface area contributed by atoms with E-state index in [0.29, 0.717) is 36.5 Å². The standard InChI is InChI=1S/C16H22ClNO3S/c1-12(2)11-22(20,21)13-7-9-18(10-8-13)16(19)14-5-3-4-6-15(14)17/h3-6,12-13H,7-11H2,1-2H3. The van der Waals surface area contributed by atoms with Crippen molar-refractivity contribution in [2.45, 2.75) is 31.9 Å². The molecule has 1 aliphatic rings. The van der Waals surface area contributed by atoms with Crippen LogP contribution in [0.5, 0.6) is 0 Å². The van der Waals surface area contributed by atoms with E-state index in [4.69, 9.17) is 11.6 Å². The summed E-state index contributed by atoms with van der Waals surface area (Å²) >= 11 is 6.05. The fourth-order valence-electron chi connectivity index (χ4n) is 2.82. The first kappa shape index (κ1) is 17.3. The van der Waals surface area contributed by atoms with Crippen molar-refractivity contribution in [1.82, 2.24) is 4.90 Å². The molecule has 0 aliphatic carbocycles. The van der Waals surface area contributed by atoms with E-state index in [-0.39, 0.29) is 22.8 Å². The van der Waals surface area contributed by atoms with E-state index in [1.54, 1.807) is 29.2 Å². The maximum atomic E-state index is 12.4. The Balaban J connectivity index is 2.01. The summed E-state index contributed by atoms with van der Waals surface area (Å²) in [5.74, 6) is 0.231. The molecule has 1 heterocycles. The van der Waals surface area contributed by atoms with Crippen LogP contribution in [-0.4, -0.2) is 43.3 Å². The zero-order valence-corrected chi connectivity index (χ0v) is 14.5. The third-order valence-corrected chi connectivity index (χ3v) is 6.85. The van der Waals surface area contributed by atoms with Crippen LogP contribution in [0.25, 0.3) is 0 Å². The Hall–Kier alpha value is -1.07. The third-order valence-electron chi connectivity index (χ3n) is 3.91. The molecule has 0 saturated carbocycles. The van der Waals surface area contributed by atoms with Gasteiger partial charge in [-0.1, -0.05) is 37.6 Å². The van der Waals surface area contributed by atoms with Gasteiger partial charge in [0.15, 0.2) is 9.84 Å². The van der Waals surface area contributed by atoms with Crippen molar-refractivity contribution >= 4 is 27.3 Å². The lowest BCUT2D eigenvalue weighted by Gasteiger charge is -2.32. The molecule has 1 aliphatic heterocycles. The third kappa shape index (κ3) is 4.02. The van der Waals surface area contributed by atoms with E-state index < -0.39 is 9.84 Å². The lowest BCUT2D eigenvalue weighted by Crippen LogP contribution is -2.43. The van der Waals surface area contributed by atoms with E-state index in [9.17, 15) is 13.2 Å². The van der Waals surface area contributed by atoms with Crippen molar-refractivity contribution in [1.29, 1.82) is 0 Å². The lowest BCUT2D eigenvalue weighted by atomic mass is 10.1. The molecule has 0 aromatic heterocycles. The molecule has 1 saturated heterocycles. The van der Waals surface area contributed by atoms with Crippen LogP contribution in [0.15, 0.2) is 24.3 Å². The molecule has 0 spiro atoms. The average Bonchev–Trinajstić information content (AvgIpc) is 2.46. The molecule has 0 atom stereocenters. The minimum atomic E-state index is -3.07. The molecule has 22 heavy (non-hydrogen) atoms. The molecule has 1 fully saturated rings. The van der Waals surface area contributed by atoms with Gasteiger partial charge in [0.1, 0.15) is 0 Å². The summed E-state index contributed by atoms with van der Waals surface area (Å²) in [6.45, 7) is 4.75. The highest BCUT2D eigenvalue weighted by atomic mass is 35.5. The predicted molar refractivity (Wildman–Crippen MR) is 89.0 cm³/mol. The summed E-state index contributed by atoms with van der Waals surface area (Å²) in [4.78, 5) is 14.1. The van der Waals surface area contributed by atoms with Crippen LogP contribution in [0.2, 0.25) is 5.02 Å². The molecule has 0 radical (unpaired) electrons. The predicted octanol–water partition coefficient (Wildman–Crippen LogP) is 3.02. The maximum absolute atomic E-state index is 12.4. The lowest BCUT2D eigenvalue weighted by molar-refractivity contribution is 0.0726. The highest BCUT2D eigenvalue weighted by Gasteiger charge is 2.32. The van der Waals surface area contributed by atoms with Crippen LogP contribution < -0.4 is 0 Å². The van der Waals surface area contributed by atoms with Crippen LogP contribution in [0.3, 0.4) is 0 Å². The maximum Gasteiger partial charge on any atom is 0.255 e. The molecule has 6 heteroatoms. The van der Waals surface area contributed by atoms with Gasteiger partial charge in [0, 0.05) is 13.1 Å². The van der Waals surface area contributed by atoms with Gasteiger partial charge in [-0.15, -0.1) is 0 Å². The van der Waals surface area contributed by atoms with Crippen molar-refractivity contribution in [2.75, 3.05) is 18.8 Å². The molecule has 0 bridgehead atoms. The fraction of sp³-hybridized carbons (Fsp3) is 0.562. The number of sulfone groups is 1. The number of benzene rings is 1. The van der Waals surface area contributed by atoms with Crippen LogP contribution in [0.1, 0.15) is 37.0 Å². The second kappa shape index (κ2) is 7.01. The van der Waals surface area contributed by atoms with Crippen molar-refractivity contribution in [3.05, 3.63) is 34.9 Å². The fourth-order valence-corrected chi connectivity index (χ4v) is 5.17. The number of hydrogen-bond donors (Lipinski definition) is 0. The number of carbonyl (C=O) groups is 1. The summed E-state index contributed by atoms with van der Waals surface area (Å²) in [6, 6.07) is 6.95. The molecular formula is C16H22ClNO3S. The zero-order valence-electron chi connectivity index (χ0n) is 13.0. The molecular weight excluding hydrogens is 322 g/mol. The van der Waals surface area contributed by atoms with Gasteiger partial charge in [-0.25, -0.2) is 8.42 Å². The quantitative estimate of drug-likeness (QED) is 0.844. The van der Waals surface area contributed by atoms with E-state index in [2.05, 4.69) is 0 Å². The largest absolute Gasteiger partial charge is 0.339 e. The minimum absolute atomic E-state index is 0.120. The van der Waals surface area contributed by atoms with Crippen molar-refractivity contribution in [2.24, 2.45) is 5.92 Å². The SMILES string of the molecule is CC(C)CS(=O)(=O)C1CCN(C(=O)c2ccccc2Cl)CC1. The number of piperidine rings is 1. The van der Waals surface area contributed by atoms with E-state index in [1.807, 2.05) is 13.8 Å². The van der Waals surface area contributed by atoms with Gasteiger partial charge in [-0.2, -0.15) is 0 Å². The van der Waals surface area contributed by atoms with Gasteiger partial charge >= 0.3 is 0 Å². The van der Waals surface area contributed by atoms with Gasteiger partial charge in [0.2, 0.25) is 0 Å². The summed E-state index contributed by atoms with van der Waals surface area (Å²) in [7, 11) is -3.07. The number of carbonyl (C=O) groups excluding carboxylic acids is 1. The average molecular weight is 344 g/mol. The van der Waals surface area contributed by atoms with Gasteiger partial charge in [0.25, 0.3) is 5.91 Å². The van der Waals surface area contributed by atoms with Gasteiger partial charge in [-0.05, 0) is 30.9 Å². The second-order valence-corrected chi connectivity index (χ2v) is 8.93. The van der Waals surface area contributed by atoms with Crippen molar-refractivity contribution in [3.63, 3.8) is 0 Å². The van der Waals surface area contributed by atoms with E-state index >= 15 is 0 Å². The Kier molecular flexibility index (Phi) is 5.50. The Bertz CT molecular complexity index is 635. The first-order chi connectivity index (χ1) is 10.3. The highest BCUT2D eigenvalue weighted by Crippen LogP contribution is 2.23. The number of hydrogen-bond acceptors (Lipinski definition) is 3. The number of amides is 1. The summed E-state index contributed by atoms with van der Waals surface area (Å²) in [5, 5.41) is 0.104. The summed E-state index contributed by atoms with van der Waals surface area (Å²) in [5.41, 5.74) is 0.479. The highest BCUT2D eigenvalue weighted by molar-refractivity contribution is 7.92. The second-order valence-electron chi connectivity index (χ2n) is 6.19. The molecule has 1 amide bonds. The number of likely N-dealkylation sites (tertiary alicyclic amines) is 1. The van der Waals surface area contributed by atoms with Gasteiger partial charge in [-0.3, -0.25) is 4.79 Å². The Labute approximate surface area is 137 Å². The monoisotopic (exact) mass is 343 g/mol. The molecule has 2 rings (SSSR count). The molecule has 1 aromatic carbocycles. The Morgan fingerprint density at radius 3 is 2.41 bits per heavy atom. The van der Waals surface area contributed by atoms with E-state index in [1.165, 1.54) is 0 Å².